The van der Waals surface area contributed by atoms with Crippen molar-refractivity contribution in [3.63, 3.8) is 0 Å². The molecule has 20 heavy (non-hydrogen) atoms. The number of carbonyl (C=O) groups excluding carboxylic acids is 1. The van der Waals surface area contributed by atoms with Gasteiger partial charge in [0.05, 0.1) is 27.2 Å². The monoisotopic (exact) mass is 279 g/mol. The smallest absolute Gasteiger partial charge is 0.310 e. The minimum absolute atomic E-state index is 0.0775. The van der Waals surface area contributed by atoms with Crippen LogP contribution in [0.1, 0.15) is 17.9 Å². The Hall–Kier alpha value is -1.75. The van der Waals surface area contributed by atoms with Gasteiger partial charge in [-0.3, -0.25) is 4.79 Å². The van der Waals surface area contributed by atoms with E-state index < -0.39 is 0 Å². The van der Waals surface area contributed by atoms with Gasteiger partial charge in [0.2, 0.25) is 0 Å². The fraction of sp³-hybridized carbons (Fsp3) is 0.533. The van der Waals surface area contributed by atoms with Crippen LogP contribution in [-0.4, -0.2) is 40.4 Å². The summed E-state index contributed by atoms with van der Waals surface area (Å²) in [6.07, 6.45) is 0.864. The molecular weight excluding hydrogens is 258 g/mol. The number of hydrogen-bond acceptors (Lipinski definition) is 5. The molecule has 1 heterocycles. The number of carbonyl (C=O) groups is 1. The lowest BCUT2D eigenvalue weighted by Gasteiger charge is -2.31. The van der Waals surface area contributed by atoms with Crippen molar-refractivity contribution in [2.75, 3.05) is 34.4 Å². The molecule has 1 saturated heterocycles. The lowest BCUT2D eigenvalue weighted by Crippen LogP contribution is -2.40. The first kappa shape index (κ1) is 14.7. The Labute approximate surface area is 119 Å². The molecule has 0 spiro atoms. The fourth-order valence-corrected chi connectivity index (χ4v) is 2.83. The molecule has 1 N–H and O–H groups in total. The van der Waals surface area contributed by atoms with Crippen LogP contribution in [0.15, 0.2) is 18.2 Å². The van der Waals surface area contributed by atoms with E-state index in [2.05, 4.69) is 5.32 Å². The maximum absolute atomic E-state index is 12.0. The van der Waals surface area contributed by atoms with Gasteiger partial charge >= 0.3 is 5.97 Å². The van der Waals surface area contributed by atoms with Crippen LogP contribution < -0.4 is 14.8 Å². The number of esters is 1. The first-order valence-corrected chi connectivity index (χ1v) is 6.72. The summed E-state index contributed by atoms with van der Waals surface area (Å²) < 4.78 is 15.7. The summed E-state index contributed by atoms with van der Waals surface area (Å²) in [5.74, 6) is 1.08. The van der Waals surface area contributed by atoms with E-state index in [9.17, 15) is 4.79 Å². The van der Waals surface area contributed by atoms with Gasteiger partial charge in [-0.25, -0.2) is 0 Å². The molecular formula is C15H21NO4. The lowest BCUT2D eigenvalue weighted by molar-refractivity contribution is -0.146. The van der Waals surface area contributed by atoms with Crippen LogP contribution >= 0.6 is 0 Å². The Morgan fingerprint density at radius 3 is 2.70 bits per heavy atom. The van der Waals surface area contributed by atoms with Gasteiger partial charge < -0.3 is 19.5 Å². The Morgan fingerprint density at radius 1 is 1.25 bits per heavy atom. The molecule has 5 nitrogen and oxygen atoms in total. The van der Waals surface area contributed by atoms with E-state index in [-0.39, 0.29) is 17.8 Å². The summed E-state index contributed by atoms with van der Waals surface area (Å²) in [5.41, 5.74) is 1.00. The number of hydrogen-bond donors (Lipinski definition) is 1. The van der Waals surface area contributed by atoms with E-state index in [0.29, 0.717) is 18.0 Å². The molecule has 0 amide bonds. The second-order valence-electron chi connectivity index (χ2n) is 4.81. The molecule has 0 bridgehead atoms. The minimum Gasteiger partial charge on any atom is -0.493 e. The highest BCUT2D eigenvalue weighted by atomic mass is 16.5. The Kier molecular flexibility index (Phi) is 4.84. The first-order valence-electron chi connectivity index (χ1n) is 6.72. The maximum Gasteiger partial charge on any atom is 0.310 e. The van der Waals surface area contributed by atoms with Crippen LogP contribution in [0.3, 0.4) is 0 Å². The quantitative estimate of drug-likeness (QED) is 0.848. The highest BCUT2D eigenvalue weighted by molar-refractivity contribution is 5.74. The topological polar surface area (TPSA) is 56.8 Å². The molecule has 1 aliphatic rings. The van der Waals surface area contributed by atoms with Crippen LogP contribution in [-0.2, 0) is 9.53 Å². The van der Waals surface area contributed by atoms with Crippen LogP contribution in [0.4, 0.5) is 0 Å². The van der Waals surface area contributed by atoms with Crippen molar-refractivity contribution in [1.29, 1.82) is 0 Å². The Balaban J connectivity index is 2.39. The van der Waals surface area contributed by atoms with Gasteiger partial charge in [0.1, 0.15) is 0 Å². The third-order valence-corrected chi connectivity index (χ3v) is 3.82. The number of methoxy groups -OCH3 is 3. The molecule has 1 aromatic rings. The van der Waals surface area contributed by atoms with Crippen molar-refractivity contribution in [2.24, 2.45) is 5.92 Å². The predicted molar refractivity (Wildman–Crippen MR) is 75.3 cm³/mol. The van der Waals surface area contributed by atoms with Crippen molar-refractivity contribution in [3.8, 4) is 11.5 Å². The number of rotatable bonds is 4. The van der Waals surface area contributed by atoms with Gasteiger partial charge in [-0.2, -0.15) is 0 Å². The Bertz CT molecular complexity index is 475. The second kappa shape index (κ2) is 6.61. The van der Waals surface area contributed by atoms with Gasteiger partial charge in [-0.05, 0) is 19.0 Å². The van der Waals surface area contributed by atoms with Crippen molar-refractivity contribution in [3.05, 3.63) is 23.8 Å². The molecule has 2 rings (SSSR count). The number of benzene rings is 1. The third-order valence-electron chi connectivity index (χ3n) is 3.82. The summed E-state index contributed by atoms with van der Waals surface area (Å²) in [6.45, 7) is 1.50. The first-order chi connectivity index (χ1) is 9.72. The molecule has 5 heteroatoms. The molecule has 1 aromatic carbocycles. The third kappa shape index (κ3) is 2.72. The number of nitrogens with one attached hydrogen (secondary N) is 1. The lowest BCUT2D eigenvalue weighted by atomic mass is 9.80. The Morgan fingerprint density at radius 2 is 2.05 bits per heavy atom. The number of piperidine rings is 1. The van der Waals surface area contributed by atoms with Gasteiger partial charge in [0.15, 0.2) is 11.5 Å². The zero-order valence-corrected chi connectivity index (χ0v) is 12.1. The van der Waals surface area contributed by atoms with E-state index in [4.69, 9.17) is 14.2 Å². The summed E-state index contributed by atoms with van der Waals surface area (Å²) in [6, 6.07) is 5.77. The molecule has 1 aliphatic heterocycles. The minimum atomic E-state index is -0.199. The number of para-hydroxylation sites is 1. The van der Waals surface area contributed by atoms with E-state index in [0.717, 1.165) is 18.5 Å². The molecule has 0 radical (unpaired) electrons. The van der Waals surface area contributed by atoms with Crippen molar-refractivity contribution < 1.29 is 19.0 Å². The van der Waals surface area contributed by atoms with Crippen LogP contribution in [0.25, 0.3) is 0 Å². The molecule has 0 aromatic heterocycles. The highest BCUT2D eigenvalue weighted by Crippen LogP contribution is 2.41. The van der Waals surface area contributed by atoms with Crippen LogP contribution in [0.2, 0.25) is 0 Å². The zero-order chi connectivity index (χ0) is 14.5. The van der Waals surface area contributed by atoms with Crippen molar-refractivity contribution in [1.82, 2.24) is 5.32 Å². The van der Waals surface area contributed by atoms with E-state index in [1.54, 1.807) is 14.2 Å². The standard InChI is InChI=1S/C15H21NO4/c1-18-13-6-4-5-11(14(13)19-2)10-7-8-16-9-12(10)15(17)20-3/h4-6,10,12,16H,7-9H2,1-3H3. The summed E-state index contributed by atoms with van der Waals surface area (Å²) >= 11 is 0. The van der Waals surface area contributed by atoms with E-state index in [1.807, 2.05) is 18.2 Å². The molecule has 0 saturated carbocycles. The van der Waals surface area contributed by atoms with Gasteiger partial charge in [-0.15, -0.1) is 0 Å². The van der Waals surface area contributed by atoms with Gasteiger partial charge in [0.25, 0.3) is 0 Å². The van der Waals surface area contributed by atoms with Crippen molar-refractivity contribution >= 4 is 5.97 Å². The molecule has 1 fully saturated rings. The summed E-state index contributed by atoms with van der Waals surface area (Å²) in [4.78, 5) is 12.0. The molecule has 110 valence electrons. The number of ether oxygens (including phenoxy) is 3. The zero-order valence-electron chi connectivity index (χ0n) is 12.1. The highest BCUT2D eigenvalue weighted by Gasteiger charge is 2.35. The summed E-state index contributed by atoms with van der Waals surface area (Å²) in [7, 11) is 4.66. The average molecular weight is 279 g/mol. The van der Waals surface area contributed by atoms with Crippen molar-refractivity contribution in [2.45, 2.75) is 12.3 Å². The molecule has 0 aliphatic carbocycles. The molecule has 2 atom stereocenters. The fourth-order valence-electron chi connectivity index (χ4n) is 2.83. The maximum atomic E-state index is 12.0. The van der Waals surface area contributed by atoms with Gasteiger partial charge in [-0.1, -0.05) is 12.1 Å². The van der Waals surface area contributed by atoms with E-state index in [1.165, 1.54) is 7.11 Å². The van der Waals surface area contributed by atoms with Crippen LogP contribution in [0, 0.1) is 5.92 Å². The van der Waals surface area contributed by atoms with Crippen LogP contribution in [0.5, 0.6) is 11.5 Å². The normalized spacial score (nSPS) is 22.1. The second-order valence-corrected chi connectivity index (χ2v) is 4.81. The SMILES string of the molecule is COC(=O)C1CNCCC1c1cccc(OC)c1OC. The van der Waals surface area contributed by atoms with E-state index >= 15 is 0 Å². The average Bonchev–Trinajstić information content (AvgIpc) is 2.53. The largest absolute Gasteiger partial charge is 0.493 e. The summed E-state index contributed by atoms with van der Waals surface area (Å²) in [5, 5.41) is 3.24. The van der Waals surface area contributed by atoms with Gasteiger partial charge in [0, 0.05) is 18.0 Å². The predicted octanol–water partition coefficient (Wildman–Crippen LogP) is 1.57. The molecule has 2 unspecified atom stereocenters.